The third-order valence-corrected chi connectivity index (χ3v) is 18.6. The van der Waals surface area contributed by atoms with Gasteiger partial charge in [0, 0.05) is 50.6 Å². The van der Waals surface area contributed by atoms with Gasteiger partial charge >= 0.3 is 0 Å². The summed E-state index contributed by atoms with van der Waals surface area (Å²) in [4.78, 5) is 8.43. The zero-order valence-electron chi connectivity index (χ0n) is 35.2. The summed E-state index contributed by atoms with van der Waals surface area (Å²) in [5.41, 5.74) is 20.0. The average molecular weight is 752 g/mol. The van der Waals surface area contributed by atoms with Gasteiger partial charge in [-0.3, -0.25) is 0 Å². The summed E-state index contributed by atoms with van der Waals surface area (Å²) < 4.78 is 0. The Balaban J connectivity index is 1.29. The lowest BCUT2D eigenvalue weighted by atomic mass is 9.33. The van der Waals surface area contributed by atoms with Gasteiger partial charge in [-0.15, -0.1) is 0 Å². The van der Waals surface area contributed by atoms with Crippen molar-refractivity contribution in [2.75, 3.05) is 14.7 Å². The Kier molecular flexibility index (Phi) is 7.03. The molecule has 0 N–H and O–H groups in total. The second kappa shape index (κ2) is 11.2. The van der Waals surface area contributed by atoms with Crippen molar-refractivity contribution >= 4 is 76.2 Å². The summed E-state index contributed by atoms with van der Waals surface area (Å²) in [6.07, 6.45) is 10.0. The highest BCUT2D eigenvalue weighted by Gasteiger charge is 2.63. The Labute approximate surface area is 337 Å². The Morgan fingerprint density at radius 2 is 1.20 bits per heavy atom. The number of hydrogen-bond donors (Lipinski definition) is 0. The van der Waals surface area contributed by atoms with E-state index in [9.17, 15) is 0 Å². The molecule has 2 aliphatic carbocycles. The van der Waals surface area contributed by atoms with E-state index in [1.165, 1.54) is 119 Å². The van der Waals surface area contributed by atoms with E-state index in [1.54, 1.807) is 16.2 Å². The summed E-state index contributed by atoms with van der Waals surface area (Å²) in [5, 5.41) is 1.61. The fourth-order valence-corrected chi connectivity index (χ4v) is 14.3. The van der Waals surface area contributed by atoms with Gasteiger partial charge in [0.1, 0.15) is 0 Å². The number of para-hydroxylation sites is 1. The zero-order chi connectivity index (χ0) is 38.7. The van der Waals surface area contributed by atoms with Gasteiger partial charge in [0.25, 0.3) is 6.71 Å². The summed E-state index contributed by atoms with van der Waals surface area (Å²) in [6, 6.07) is 36.8. The molecule has 3 nitrogen and oxygen atoms in total. The van der Waals surface area contributed by atoms with Crippen LogP contribution >= 0.6 is 0 Å². The van der Waals surface area contributed by atoms with Gasteiger partial charge in [-0.05, 0) is 128 Å². The number of aryl methyl sites for hydroxylation is 2. The van der Waals surface area contributed by atoms with Crippen molar-refractivity contribution < 1.29 is 0 Å². The van der Waals surface area contributed by atoms with Crippen LogP contribution in [0.15, 0.2) is 91.0 Å². The zero-order valence-corrected chi connectivity index (χ0v) is 36.2. The maximum absolute atomic E-state index is 2.95. The Hall–Kier alpha value is -4.22. The summed E-state index contributed by atoms with van der Waals surface area (Å²) in [6.45, 7) is 22.8. The molecule has 0 saturated heterocycles. The van der Waals surface area contributed by atoms with E-state index in [0.29, 0.717) is 0 Å². The van der Waals surface area contributed by atoms with Crippen LogP contribution in [0.2, 0.25) is 19.6 Å². The molecule has 4 aliphatic heterocycles. The third kappa shape index (κ3) is 4.21. The van der Waals surface area contributed by atoms with Gasteiger partial charge in [0.2, 0.25) is 0 Å². The van der Waals surface area contributed by atoms with Crippen molar-refractivity contribution in [1.29, 1.82) is 0 Å². The molecule has 2 fully saturated rings. The molecule has 284 valence electrons. The van der Waals surface area contributed by atoms with Crippen LogP contribution in [-0.2, 0) is 10.8 Å². The maximum Gasteiger partial charge on any atom is 0.252 e. The number of benzene rings is 5. The van der Waals surface area contributed by atoms with E-state index in [0.717, 1.165) is 0 Å². The maximum atomic E-state index is 2.95. The van der Waals surface area contributed by atoms with Gasteiger partial charge in [0.15, 0.2) is 0 Å². The van der Waals surface area contributed by atoms with Gasteiger partial charge in [0.05, 0.1) is 19.2 Å². The van der Waals surface area contributed by atoms with Crippen LogP contribution in [0.1, 0.15) is 101 Å². The normalized spacial score (nSPS) is 28.0. The van der Waals surface area contributed by atoms with Crippen LogP contribution in [0, 0.1) is 13.8 Å². The minimum atomic E-state index is -1.67. The Morgan fingerprint density at radius 1 is 0.536 bits per heavy atom. The quantitative estimate of drug-likeness (QED) is 0.167. The van der Waals surface area contributed by atoms with E-state index < -0.39 is 8.07 Å². The predicted molar refractivity (Wildman–Crippen MR) is 244 cm³/mol. The summed E-state index contributed by atoms with van der Waals surface area (Å²) in [7, 11) is -1.67. The fourth-order valence-electron chi connectivity index (χ4n) is 13.1. The molecule has 0 aromatic heterocycles. The van der Waals surface area contributed by atoms with Crippen molar-refractivity contribution in [3.8, 4) is 0 Å². The number of nitrogens with zero attached hydrogens (tertiary/aromatic N) is 3. The van der Waals surface area contributed by atoms with Crippen LogP contribution in [0.5, 0.6) is 0 Å². The van der Waals surface area contributed by atoms with E-state index in [1.807, 2.05) is 0 Å². The molecule has 0 bridgehead atoms. The third-order valence-electron chi connectivity index (χ3n) is 16.6. The topological polar surface area (TPSA) is 9.72 Å². The molecule has 56 heavy (non-hydrogen) atoms. The molecule has 5 aromatic carbocycles. The molecule has 4 atom stereocenters. The lowest BCUT2D eigenvalue weighted by molar-refractivity contribution is 0.194. The van der Waals surface area contributed by atoms with E-state index in [4.69, 9.17) is 0 Å². The number of hydrogen-bond acceptors (Lipinski definition) is 3. The van der Waals surface area contributed by atoms with Gasteiger partial charge in [-0.1, -0.05) is 119 Å². The highest BCUT2D eigenvalue weighted by atomic mass is 28.3. The van der Waals surface area contributed by atoms with Gasteiger partial charge in [-0.2, -0.15) is 0 Å². The minimum absolute atomic E-state index is 0.0222. The van der Waals surface area contributed by atoms with Gasteiger partial charge < -0.3 is 14.7 Å². The van der Waals surface area contributed by atoms with Crippen LogP contribution in [0.25, 0.3) is 0 Å². The van der Waals surface area contributed by atoms with E-state index >= 15 is 0 Å². The number of rotatable bonds is 3. The molecule has 5 heteroatoms. The van der Waals surface area contributed by atoms with Crippen molar-refractivity contribution in [2.45, 2.75) is 134 Å². The van der Waals surface area contributed by atoms with Crippen molar-refractivity contribution in [2.24, 2.45) is 0 Å². The van der Waals surface area contributed by atoms with Crippen molar-refractivity contribution in [3.05, 3.63) is 113 Å². The summed E-state index contributed by atoms with van der Waals surface area (Å²) in [5.74, 6) is 0. The molecular weight excluding hydrogens is 693 g/mol. The van der Waals surface area contributed by atoms with Crippen LogP contribution < -0.4 is 36.3 Å². The smallest absolute Gasteiger partial charge is 0.252 e. The summed E-state index contributed by atoms with van der Waals surface area (Å²) >= 11 is 0. The lowest BCUT2D eigenvalue weighted by Gasteiger charge is -2.53. The molecule has 0 amide bonds. The fraction of sp³-hybridized carbons (Fsp3) is 0.412. The molecular formula is C51H58BN3Si. The molecule has 5 aromatic rings. The van der Waals surface area contributed by atoms with Crippen molar-refractivity contribution in [1.82, 2.24) is 0 Å². The monoisotopic (exact) mass is 751 g/mol. The van der Waals surface area contributed by atoms with E-state index in [2.05, 4.69) is 167 Å². The largest absolute Gasteiger partial charge is 0.335 e. The molecule has 0 radical (unpaired) electrons. The standard InChI is InChI=1S/C51H58BN3Si/c1-33-17-16-18-35(27-33)53-43-28-34(2)21-22-40(43)52-41-32-37(56(7,8)9)31-39-47(41)55(51(6)26-15-13-24-49(39,51)4)45-30-36(29-44(53)46(45)52)54-42-20-11-10-19-38(42)48(3)23-12-14-25-50(48,54)5/h10-11,16-22,27-32H,12-15,23-26H2,1-9H3. The van der Waals surface area contributed by atoms with Crippen LogP contribution in [0.4, 0.5) is 39.8 Å². The molecule has 6 aliphatic rings. The molecule has 2 saturated carbocycles. The Morgan fingerprint density at radius 3 is 1.93 bits per heavy atom. The number of anilines is 7. The minimum Gasteiger partial charge on any atom is -0.335 e. The molecule has 0 spiro atoms. The van der Waals surface area contributed by atoms with Crippen LogP contribution in [0.3, 0.4) is 0 Å². The highest BCUT2D eigenvalue weighted by Crippen LogP contribution is 2.64. The average Bonchev–Trinajstić information content (AvgIpc) is 3.51. The van der Waals surface area contributed by atoms with Gasteiger partial charge in [-0.25, -0.2) is 0 Å². The van der Waals surface area contributed by atoms with Crippen molar-refractivity contribution in [3.63, 3.8) is 0 Å². The van der Waals surface area contributed by atoms with E-state index in [-0.39, 0.29) is 28.6 Å². The predicted octanol–water partition coefficient (Wildman–Crippen LogP) is 10.9. The SMILES string of the molecule is Cc1cccc(N2c3cc(C)ccc3B3c4cc([Si](C)(C)C)cc5c4N(c4cc(N6c7ccccc7C7(C)CCCCC67C)cc2c43)C2(C)CCCCC52C)c1. The highest BCUT2D eigenvalue weighted by molar-refractivity contribution is 7.01. The lowest BCUT2D eigenvalue weighted by Crippen LogP contribution is -2.65. The first-order valence-electron chi connectivity index (χ1n) is 21.7. The first-order valence-corrected chi connectivity index (χ1v) is 25.2. The molecule has 4 heterocycles. The molecule has 4 unspecified atom stereocenters. The first-order chi connectivity index (χ1) is 26.7. The van der Waals surface area contributed by atoms with Crippen LogP contribution in [-0.4, -0.2) is 25.9 Å². The number of fused-ring (bicyclic) bond motifs is 10. The second-order valence-electron chi connectivity index (χ2n) is 20.6. The molecule has 11 rings (SSSR count). The second-order valence-corrected chi connectivity index (χ2v) is 25.7. The Bertz CT molecular complexity index is 2520. The first kappa shape index (κ1) is 35.0.